The molecule has 0 aliphatic rings. The van der Waals surface area contributed by atoms with E-state index < -0.39 is 29.1 Å². The van der Waals surface area contributed by atoms with Gasteiger partial charge in [-0.3, -0.25) is 0 Å². The number of methoxy groups -OCH3 is 1. The van der Waals surface area contributed by atoms with Crippen molar-refractivity contribution >= 4 is 17.0 Å². The SMILES string of the molecule is COC(=O)n1c(C)cc2c(F)c(OC(C)(C)C)c(F)cc21. The van der Waals surface area contributed by atoms with Crippen molar-refractivity contribution in [3.8, 4) is 5.75 Å². The Hall–Kier alpha value is -2.11. The van der Waals surface area contributed by atoms with Crippen LogP contribution in [0, 0.1) is 18.6 Å². The molecule has 21 heavy (non-hydrogen) atoms. The number of carbonyl (C=O) groups is 1. The van der Waals surface area contributed by atoms with Gasteiger partial charge in [-0.15, -0.1) is 0 Å². The van der Waals surface area contributed by atoms with Crippen molar-refractivity contribution in [1.29, 1.82) is 0 Å². The molecule has 0 atom stereocenters. The lowest BCUT2D eigenvalue weighted by atomic mass is 10.1. The summed E-state index contributed by atoms with van der Waals surface area (Å²) in [5.74, 6) is -2.14. The van der Waals surface area contributed by atoms with Crippen LogP contribution in [0.25, 0.3) is 10.9 Å². The quantitative estimate of drug-likeness (QED) is 0.798. The summed E-state index contributed by atoms with van der Waals surface area (Å²) >= 11 is 0. The minimum atomic E-state index is -0.863. The number of benzene rings is 1. The largest absolute Gasteiger partial charge is 0.482 e. The lowest BCUT2D eigenvalue weighted by Gasteiger charge is -2.22. The highest BCUT2D eigenvalue weighted by Crippen LogP contribution is 2.33. The highest BCUT2D eigenvalue weighted by atomic mass is 19.1. The van der Waals surface area contributed by atoms with Gasteiger partial charge in [-0.2, -0.15) is 0 Å². The Morgan fingerprint density at radius 1 is 1.24 bits per heavy atom. The molecule has 0 unspecified atom stereocenters. The Morgan fingerprint density at radius 2 is 1.86 bits per heavy atom. The van der Waals surface area contributed by atoms with E-state index in [-0.39, 0.29) is 10.9 Å². The molecule has 0 fully saturated rings. The van der Waals surface area contributed by atoms with Gasteiger partial charge < -0.3 is 9.47 Å². The smallest absolute Gasteiger partial charge is 0.418 e. The van der Waals surface area contributed by atoms with Crippen LogP contribution in [0.1, 0.15) is 26.5 Å². The topological polar surface area (TPSA) is 40.5 Å². The Balaban J connectivity index is 2.72. The summed E-state index contributed by atoms with van der Waals surface area (Å²) in [6, 6.07) is 2.53. The number of aromatic nitrogens is 1. The number of halogens is 2. The van der Waals surface area contributed by atoms with E-state index in [1.165, 1.54) is 13.2 Å². The van der Waals surface area contributed by atoms with Crippen LogP contribution in [0.4, 0.5) is 13.6 Å². The van der Waals surface area contributed by atoms with Gasteiger partial charge in [0.1, 0.15) is 5.60 Å². The van der Waals surface area contributed by atoms with Crippen LogP contribution >= 0.6 is 0 Å². The summed E-state index contributed by atoms with van der Waals surface area (Å²) in [6.45, 7) is 6.70. The van der Waals surface area contributed by atoms with E-state index in [1.54, 1.807) is 27.7 Å². The van der Waals surface area contributed by atoms with Crippen LogP contribution < -0.4 is 4.74 Å². The molecule has 114 valence electrons. The van der Waals surface area contributed by atoms with Gasteiger partial charge in [0, 0.05) is 17.1 Å². The predicted molar refractivity (Wildman–Crippen MR) is 74.8 cm³/mol. The Bertz CT molecular complexity index is 714. The molecule has 0 saturated carbocycles. The first-order chi connectivity index (χ1) is 9.65. The normalized spacial score (nSPS) is 11.8. The van der Waals surface area contributed by atoms with Crippen molar-refractivity contribution in [2.75, 3.05) is 7.11 Å². The molecular formula is C15H17F2NO3. The fraction of sp³-hybridized carbons (Fsp3) is 0.400. The third-order valence-corrected chi connectivity index (χ3v) is 2.90. The fourth-order valence-corrected chi connectivity index (χ4v) is 2.12. The first-order valence-electron chi connectivity index (χ1n) is 6.43. The molecule has 2 rings (SSSR count). The first kappa shape index (κ1) is 15.3. The number of rotatable bonds is 1. The van der Waals surface area contributed by atoms with Gasteiger partial charge in [0.2, 0.25) is 0 Å². The van der Waals surface area contributed by atoms with E-state index in [0.29, 0.717) is 5.69 Å². The van der Waals surface area contributed by atoms with E-state index in [1.807, 2.05) is 0 Å². The van der Waals surface area contributed by atoms with E-state index in [9.17, 15) is 13.6 Å². The van der Waals surface area contributed by atoms with Crippen molar-refractivity contribution in [3.63, 3.8) is 0 Å². The molecule has 1 aromatic carbocycles. The Labute approximate surface area is 121 Å². The molecule has 1 heterocycles. The zero-order chi connectivity index (χ0) is 15.9. The molecule has 0 N–H and O–H groups in total. The molecule has 4 nitrogen and oxygen atoms in total. The Morgan fingerprint density at radius 3 is 2.38 bits per heavy atom. The number of hydrogen-bond donors (Lipinski definition) is 0. The van der Waals surface area contributed by atoms with E-state index in [2.05, 4.69) is 4.74 Å². The van der Waals surface area contributed by atoms with Gasteiger partial charge in [-0.1, -0.05) is 0 Å². The van der Waals surface area contributed by atoms with Gasteiger partial charge in [0.15, 0.2) is 17.4 Å². The van der Waals surface area contributed by atoms with E-state index >= 15 is 0 Å². The van der Waals surface area contributed by atoms with Crippen molar-refractivity contribution in [2.45, 2.75) is 33.3 Å². The summed E-state index contributed by atoms with van der Waals surface area (Å²) in [4.78, 5) is 11.7. The zero-order valence-electron chi connectivity index (χ0n) is 12.6. The number of carbonyl (C=O) groups excluding carboxylic acids is 1. The molecule has 0 aliphatic carbocycles. The fourth-order valence-electron chi connectivity index (χ4n) is 2.12. The second kappa shape index (κ2) is 5.02. The Kier molecular flexibility index (Phi) is 3.65. The van der Waals surface area contributed by atoms with Crippen molar-refractivity contribution < 1.29 is 23.0 Å². The molecule has 0 spiro atoms. The summed E-state index contributed by atoms with van der Waals surface area (Å²) in [5, 5.41) is 0.110. The van der Waals surface area contributed by atoms with Gasteiger partial charge in [0.25, 0.3) is 0 Å². The highest BCUT2D eigenvalue weighted by Gasteiger charge is 2.24. The summed E-state index contributed by atoms with van der Waals surface area (Å²) in [7, 11) is 1.21. The summed E-state index contributed by atoms with van der Waals surface area (Å²) < 4.78 is 39.7. The van der Waals surface area contributed by atoms with Crippen molar-refractivity contribution in [2.24, 2.45) is 0 Å². The molecule has 0 aliphatic heterocycles. The molecule has 0 radical (unpaired) electrons. The van der Waals surface area contributed by atoms with Crippen LogP contribution in [-0.4, -0.2) is 23.4 Å². The highest BCUT2D eigenvalue weighted by molar-refractivity contribution is 5.92. The average molecular weight is 297 g/mol. The van der Waals surface area contributed by atoms with Crippen molar-refractivity contribution in [3.05, 3.63) is 29.5 Å². The maximum atomic E-state index is 14.5. The van der Waals surface area contributed by atoms with E-state index in [4.69, 9.17) is 4.74 Å². The lowest BCUT2D eigenvalue weighted by Crippen LogP contribution is -2.24. The van der Waals surface area contributed by atoms with Crippen LogP contribution in [0.5, 0.6) is 5.75 Å². The van der Waals surface area contributed by atoms with Crippen LogP contribution in [-0.2, 0) is 4.74 Å². The standard InChI is InChI=1S/C15H17F2NO3/c1-8-6-9-11(18(8)14(19)20-5)7-10(16)13(12(9)17)21-15(2,3)4/h6-7H,1-5H3. The molecular weight excluding hydrogens is 280 g/mol. The number of hydrogen-bond acceptors (Lipinski definition) is 3. The molecule has 0 saturated heterocycles. The maximum absolute atomic E-state index is 14.5. The lowest BCUT2D eigenvalue weighted by molar-refractivity contribution is 0.118. The number of aryl methyl sites for hydroxylation is 1. The third-order valence-electron chi connectivity index (χ3n) is 2.90. The van der Waals surface area contributed by atoms with Gasteiger partial charge in [-0.05, 0) is 33.8 Å². The van der Waals surface area contributed by atoms with Gasteiger partial charge in [0.05, 0.1) is 12.6 Å². The first-order valence-corrected chi connectivity index (χ1v) is 6.43. The zero-order valence-corrected chi connectivity index (χ0v) is 12.6. The monoisotopic (exact) mass is 297 g/mol. The maximum Gasteiger partial charge on any atom is 0.418 e. The molecule has 0 amide bonds. The van der Waals surface area contributed by atoms with Gasteiger partial charge in [-0.25, -0.2) is 18.1 Å². The third kappa shape index (κ3) is 2.70. The molecule has 6 heteroatoms. The summed E-state index contributed by atoms with van der Waals surface area (Å²) in [5.41, 5.74) is -0.186. The molecule has 1 aromatic heterocycles. The van der Waals surface area contributed by atoms with Crippen LogP contribution in [0.2, 0.25) is 0 Å². The minimum Gasteiger partial charge on any atom is -0.482 e. The predicted octanol–water partition coefficient (Wildman–Crippen LogP) is 4.02. The summed E-state index contributed by atoms with van der Waals surface area (Å²) in [6.07, 6.45) is -0.703. The van der Waals surface area contributed by atoms with Crippen LogP contribution in [0.15, 0.2) is 12.1 Å². The number of nitrogens with zero attached hydrogens (tertiary/aromatic N) is 1. The van der Waals surface area contributed by atoms with E-state index in [0.717, 1.165) is 10.6 Å². The average Bonchev–Trinajstić information content (AvgIpc) is 2.69. The van der Waals surface area contributed by atoms with Crippen LogP contribution in [0.3, 0.4) is 0 Å². The second-order valence-corrected chi connectivity index (χ2v) is 5.74. The molecule has 0 bridgehead atoms. The molecule has 2 aromatic rings. The number of ether oxygens (including phenoxy) is 2. The van der Waals surface area contributed by atoms with Crippen molar-refractivity contribution in [1.82, 2.24) is 4.57 Å². The number of fused-ring (bicyclic) bond motifs is 1. The minimum absolute atomic E-state index is 0.107. The second-order valence-electron chi connectivity index (χ2n) is 5.74. The van der Waals surface area contributed by atoms with Gasteiger partial charge >= 0.3 is 6.09 Å².